The molecular formula is C38H30N2O2. The predicted octanol–water partition coefficient (Wildman–Crippen LogP) is 9.11. The molecule has 0 spiro atoms. The van der Waals surface area contributed by atoms with E-state index >= 15 is 0 Å². The van der Waals surface area contributed by atoms with E-state index in [4.69, 9.17) is 0 Å². The van der Waals surface area contributed by atoms with Gasteiger partial charge in [0.25, 0.3) is 0 Å². The minimum Gasteiger partial charge on any atom is -0.378 e. The molecule has 0 unspecified atom stereocenters. The van der Waals surface area contributed by atoms with Crippen LogP contribution in [0.5, 0.6) is 0 Å². The molecule has 4 heteroatoms. The van der Waals surface area contributed by atoms with Crippen LogP contribution >= 0.6 is 0 Å². The highest BCUT2D eigenvalue weighted by atomic mass is 16.1. The smallest absolute Gasteiger partial charge is 0.196 e. The topological polar surface area (TPSA) is 58.2 Å². The van der Waals surface area contributed by atoms with Crippen LogP contribution in [0.2, 0.25) is 0 Å². The highest BCUT2D eigenvalue weighted by molar-refractivity contribution is 6.31. The molecule has 0 aromatic heterocycles. The number of nitrogens with one attached hydrogen (secondary N) is 2. The first-order chi connectivity index (χ1) is 20.5. The molecule has 1 aliphatic rings. The van der Waals surface area contributed by atoms with Gasteiger partial charge in [-0.15, -0.1) is 0 Å². The van der Waals surface area contributed by atoms with Gasteiger partial charge in [-0.3, -0.25) is 9.59 Å². The Labute approximate surface area is 245 Å². The third-order valence-corrected chi connectivity index (χ3v) is 8.40. The number of hydrogen-bond acceptors (Lipinski definition) is 4. The van der Waals surface area contributed by atoms with Crippen LogP contribution in [0.3, 0.4) is 0 Å². The number of benzene rings is 6. The lowest BCUT2D eigenvalue weighted by atomic mass is 9.82. The molecule has 0 saturated carbocycles. The number of hydrogen-bond donors (Lipinski definition) is 2. The average molecular weight is 547 g/mol. The van der Waals surface area contributed by atoms with Gasteiger partial charge in [0, 0.05) is 34.6 Å². The van der Waals surface area contributed by atoms with Crippen molar-refractivity contribution in [3.8, 4) is 0 Å². The maximum atomic E-state index is 14.1. The molecule has 0 heterocycles. The van der Waals surface area contributed by atoms with Gasteiger partial charge in [0.1, 0.15) is 0 Å². The molecule has 0 amide bonds. The second-order valence-electron chi connectivity index (χ2n) is 11.0. The first-order valence-corrected chi connectivity index (χ1v) is 14.3. The van der Waals surface area contributed by atoms with Crippen LogP contribution in [-0.2, 0) is 0 Å². The van der Waals surface area contributed by atoms with Crippen LogP contribution in [0.15, 0.2) is 121 Å². The zero-order chi connectivity index (χ0) is 28.8. The highest BCUT2D eigenvalue weighted by Crippen LogP contribution is 2.38. The molecule has 0 fully saturated rings. The van der Waals surface area contributed by atoms with Gasteiger partial charge in [-0.05, 0) is 58.7 Å². The summed E-state index contributed by atoms with van der Waals surface area (Å²) < 4.78 is 0. The summed E-state index contributed by atoms with van der Waals surface area (Å²) in [5, 5.41) is 11.8. The highest BCUT2D eigenvalue weighted by Gasteiger charge is 2.34. The second kappa shape index (κ2) is 10.3. The van der Waals surface area contributed by atoms with E-state index in [1.165, 1.54) is 0 Å². The first-order valence-electron chi connectivity index (χ1n) is 14.3. The molecule has 0 radical (unpaired) electrons. The number of rotatable bonds is 6. The lowest BCUT2D eigenvalue weighted by molar-refractivity contribution is 0.0980. The van der Waals surface area contributed by atoms with Crippen molar-refractivity contribution < 1.29 is 9.59 Å². The third-order valence-electron chi connectivity index (χ3n) is 8.40. The third kappa shape index (κ3) is 4.24. The minimum absolute atomic E-state index is 0.0820. The summed E-state index contributed by atoms with van der Waals surface area (Å²) in [4.78, 5) is 28.1. The quantitative estimate of drug-likeness (QED) is 0.218. The van der Waals surface area contributed by atoms with Crippen molar-refractivity contribution in [3.05, 3.63) is 155 Å². The molecule has 42 heavy (non-hydrogen) atoms. The number of anilines is 2. The Bertz CT molecular complexity index is 1870. The Balaban J connectivity index is 1.24. The van der Waals surface area contributed by atoms with Crippen LogP contribution < -0.4 is 10.6 Å². The average Bonchev–Trinajstić information content (AvgIpc) is 3.03. The van der Waals surface area contributed by atoms with Crippen molar-refractivity contribution in [1.29, 1.82) is 0 Å². The molecule has 6 aromatic rings. The van der Waals surface area contributed by atoms with Gasteiger partial charge in [0.05, 0.1) is 11.1 Å². The maximum Gasteiger partial charge on any atom is 0.196 e. The Kier molecular flexibility index (Phi) is 6.32. The Morgan fingerprint density at radius 2 is 0.833 bits per heavy atom. The van der Waals surface area contributed by atoms with Gasteiger partial charge in [-0.25, -0.2) is 0 Å². The molecular weight excluding hydrogens is 516 g/mol. The van der Waals surface area contributed by atoms with Crippen molar-refractivity contribution in [3.63, 3.8) is 0 Å². The van der Waals surface area contributed by atoms with Crippen LogP contribution in [0.4, 0.5) is 11.4 Å². The van der Waals surface area contributed by atoms with Crippen LogP contribution in [0.1, 0.15) is 68.9 Å². The molecule has 2 N–H and O–H groups in total. The van der Waals surface area contributed by atoms with E-state index in [9.17, 15) is 9.59 Å². The van der Waals surface area contributed by atoms with E-state index in [-0.39, 0.29) is 23.7 Å². The van der Waals surface area contributed by atoms with Gasteiger partial charge in [-0.1, -0.05) is 109 Å². The standard InChI is InChI=1S/C38H30N2O2/c1-23(27-17-7-13-25-11-3-5-15-29(25)27)39-33-21-9-19-31-35(33)37(41)32-20-10-22-34(36(32)38(31)42)40-24(2)28-18-8-14-26-12-4-6-16-30(26)28/h3-24,39-40H,1-2H3/t23-,24-/m0/s1. The molecule has 6 aromatic carbocycles. The first kappa shape index (κ1) is 25.7. The fourth-order valence-corrected chi connectivity index (χ4v) is 6.36. The summed E-state index contributed by atoms with van der Waals surface area (Å²) in [6.07, 6.45) is 0. The molecule has 204 valence electrons. The molecule has 4 nitrogen and oxygen atoms in total. The van der Waals surface area contributed by atoms with Crippen LogP contribution in [0, 0.1) is 0 Å². The van der Waals surface area contributed by atoms with Gasteiger partial charge in [-0.2, -0.15) is 0 Å². The van der Waals surface area contributed by atoms with Crippen molar-refractivity contribution in [2.75, 3.05) is 10.6 Å². The summed E-state index contributed by atoms with van der Waals surface area (Å²) in [5.74, 6) is -0.288. The largest absolute Gasteiger partial charge is 0.378 e. The number of ketones is 2. The van der Waals surface area contributed by atoms with Gasteiger partial charge in [0.15, 0.2) is 11.6 Å². The van der Waals surface area contributed by atoms with Crippen molar-refractivity contribution in [2.24, 2.45) is 0 Å². The lowest BCUT2D eigenvalue weighted by Gasteiger charge is -2.26. The van der Waals surface area contributed by atoms with Crippen molar-refractivity contribution in [1.82, 2.24) is 0 Å². The van der Waals surface area contributed by atoms with Gasteiger partial charge in [0.2, 0.25) is 0 Å². The summed E-state index contributed by atoms with van der Waals surface area (Å²) in [5.41, 5.74) is 5.31. The zero-order valence-electron chi connectivity index (χ0n) is 23.5. The van der Waals surface area contributed by atoms with E-state index in [2.05, 4.69) is 85.1 Å². The maximum absolute atomic E-state index is 14.1. The summed E-state index contributed by atoms with van der Waals surface area (Å²) >= 11 is 0. The summed E-state index contributed by atoms with van der Waals surface area (Å²) in [6.45, 7) is 4.17. The predicted molar refractivity (Wildman–Crippen MR) is 172 cm³/mol. The van der Waals surface area contributed by atoms with Crippen LogP contribution in [-0.4, -0.2) is 11.6 Å². The van der Waals surface area contributed by atoms with Gasteiger partial charge < -0.3 is 10.6 Å². The SMILES string of the molecule is C[C@H](Nc1cccc2c1C(=O)c1cccc(N[C@@H](C)c3cccc4ccccc34)c1C2=O)c1cccc2ccccc12. The summed E-state index contributed by atoms with van der Waals surface area (Å²) in [6, 6.07) is 39.9. The molecule has 1 aliphatic carbocycles. The number of carbonyl (C=O) groups is 2. The van der Waals surface area contributed by atoms with E-state index in [0.717, 1.165) is 32.7 Å². The van der Waals surface area contributed by atoms with E-state index < -0.39 is 0 Å². The number of fused-ring (bicyclic) bond motifs is 4. The molecule has 0 saturated heterocycles. The minimum atomic E-state index is -0.144. The Morgan fingerprint density at radius 1 is 0.452 bits per heavy atom. The molecule has 7 rings (SSSR count). The normalized spacial score (nSPS) is 13.9. The zero-order valence-corrected chi connectivity index (χ0v) is 23.5. The van der Waals surface area contributed by atoms with Crippen LogP contribution in [0.25, 0.3) is 21.5 Å². The summed E-state index contributed by atoms with van der Waals surface area (Å²) in [7, 11) is 0. The van der Waals surface area contributed by atoms with Crippen molar-refractivity contribution in [2.45, 2.75) is 25.9 Å². The second-order valence-corrected chi connectivity index (χ2v) is 11.0. The molecule has 0 aliphatic heterocycles. The van der Waals surface area contributed by atoms with E-state index in [0.29, 0.717) is 33.6 Å². The Morgan fingerprint density at radius 3 is 1.29 bits per heavy atom. The Hall–Kier alpha value is -5.22. The fourth-order valence-electron chi connectivity index (χ4n) is 6.36. The van der Waals surface area contributed by atoms with Crippen molar-refractivity contribution >= 4 is 44.5 Å². The molecule has 0 bridgehead atoms. The lowest BCUT2D eigenvalue weighted by Crippen LogP contribution is -2.25. The van der Waals surface area contributed by atoms with E-state index in [1.54, 1.807) is 12.1 Å². The monoisotopic (exact) mass is 546 g/mol. The van der Waals surface area contributed by atoms with Gasteiger partial charge >= 0.3 is 0 Å². The molecule has 2 atom stereocenters. The fraction of sp³-hybridized carbons (Fsp3) is 0.105. The number of carbonyl (C=O) groups excluding carboxylic acids is 2. The van der Waals surface area contributed by atoms with E-state index in [1.807, 2.05) is 48.5 Å².